The van der Waals surface area contributed by atoms with Crippen LogP contribution in [0.25, 0.3) is 0 Å². The molecule has 2 fully saturated rings. The monoisotopic (exact) mass is 226 g/mol. The van der Waals surface area contributed by atoms with Crippen LogP contribution in [0.3, 0.4) is 0 Å². The first-order chi connectivity index (χ1) is 7.85. The molecular formula is C13H26N2O. The third kappa shape index (κ3) is 2.76. The molecule has 94 valence electrons. The summed E-state index contributed by atoms with van der Waals surface area (Å²) in [6, 6.07) is 0.802. The molecule has 1 heterocycles. The Hall–Kier alpha value is -0.120. The molecule has 3 nitrogen and oxygen atoms in total. The fourth-order valence-corrected chi connectivity index (χ4v) is 3.33. The Labute approximate surface area is 99.3 Å². The van der Waals surface area contributed by atoms with Gasteiger partial charge in [-0.2, -0.15) is 0 Å². The molecule has 3 heteroatoms. The Kier molecular flexibility index (Phi) is 4.62. The summed E-state index contributed by atoms with van der Waals surface area (Å²) in [6.07, 6.45) is 7.25. The molecule has 0 bridgehead atoms. The molecule has 0 aromatic rings. The van der Waals surface area contributed by atoms with Gasteiger partial charge in [-0.1, -0.05) is 26.2 Å². The van der Waals surface area contributed by atoms with E-state index in [4.69, 9.17) is 10.5 Å². The highest BCUT2D eigenvalue weighted by atomic mass is 16.5. The van der Waals surface area contributed by atoms with Crippen LogP contribution in [0.5, 0.6) is 0 Å². The molecule has 0 radical (unpaired) electrons. The van der Waals surface area contributed by atoms with Crippen molar-refractivity contribution >= 4 is 0 Å². The van der Waals surface area contributed by atoms with Crippen molar-refractivity contribution in [3.05, 3.63) is 0 Å². The number of rotatable bonds is 3. The zero-order valence-electron chi connectivity index (χ0n) is 10.5. The van der Waals surface area contributed by atoms with Gasteiger partial charge in [0.15, 0.2) is 0 Å². The molecule has 3 unspecified atom stereocenters. The molecule has 2 aliphatic rings. The minimum Gasteiger partial charge on any atom is -0.374 e. The second kappa shape index (κ2) is 5.99. The van der Waals surface area contributed by atoms with E-state index >= 15 is 0 Å². The normalized spacial score (nSPS) is 37.5. The molecule has 16 heavy (non-hydrogen) atoms. The van der Waals surface area contributed by atoms with Gasteiger partial charge in [0.25, 0.3) is 0 Å². The Bertz CT molecular complexity index is 210. The highest BCUT2D eigenvalue weighted by Crippen LogP contribution is 2.31. The first-order valence-electron chi connectivity index (χ1n) is 6.90. The van der Waals surface area contributed by atoms with Gasteiger partial charge < -0.3 is 10.5 Å². The fourth-order valence-electron chi connectivity index (χ4n) is 3.33. The average molecular weight is 226 g/mol. The lowest BCUT2D eigenvalue weighted by molar-refractivity contribution is -0.0539. The topological polar surface area (TPSA) is 38.5 Å². The Morgan fingerprint density at radius 1 is 1.31 bits per heavy atom. The number of hydrogen-bond donors (Lipinski definition) is 1. The quantitative estimate of drug-likeness (QED) is 0.794. The predicted octanol–water partition coefficient (Wildman–Crippen LogP) is 1.61. The molecule has 0 aromatic heterocycles. The minimum absolute atomic E-state index is 0.271. The molecule has 0 spiro atoms. The number of nitrogens with zero attached hydrogens (tertiary/aromatic N) is 1. The van der Waals surface area contributed by atoms with E-state index in [2.05, 4.69) is 11.8 Å². The summed E-state index contributed by atoms with van der Waals surface area (Å²) < 4.78 is 5.65. The van der Waals surface area contributed by atoms with Gasteiger partial charge >= 0.3 is 0 Å². The van der Waals surface area contributed by atoms with Crippen LogP contribution in [-0.4, -0.2) is 43.3 Å². The van der Waals surface area contributed by atoms with Crippen LogP contribution in [0.1, 0.15) is 39.0 Å². The van der Waals surface area contributed by atoms with Gasteiger partial charge in [0.1, 0.15) is 0 Å². The second-order valence-electron chi connectivity index (χ2n) is 5.24. The Balaban J connectivity index is 1.93. The molecule has 1 aliphatic carbocycles. The average Bonchev–Trinajstić information content (AvgIpc) is 2.38. The molecule has 1 saturated heterocycles. The number of nitrogens with two attached hydrogens (primary N) is 1. The molecule has 0 aromatic carbocycles. The standard InChI is InChI=1S/C13H26N2O/c1-2-11-5-3-4-6-13(11)15-7-8-16-12(9-14)10-15/h11-13H,2-10,14H2,1H3. The maximum absolute atomic E-state index is 5.71. The van der Waals surface area contributed by atoms with Gasteiger partial charge in [0.2, 0.25) is 0 Å². The molecule has 1 aliphatic heterocycles. The number of morpholine rings is 1. The van der Waals surface area contributed by atoms with Crippen LogP contribution in [0.4, 0.5) is 0 Å². The maximum Gasteiger partial charge on any atom is 0.0824 e. The van der Waals surface area contributed by atoms with Crippen molar-refractivity contribution in [1.82, 2.24) is 4.90 Å². The van der Waals surface area contributed by atoms with Crippen molar-refractivity contribution in [2.75, 3.05) is 26.2 Å². The summed E-state index contributed by atoms with van der Waals surface area (Å²) in [5, 5.41) is 0. The van der Waals surface area contributed by atoms with Crippen LogP contribution in [0, 0.1) is 5.92 Å². The van der Waals surface area contributed by atoms with Crippen molar-refractivity contribution in [2.45, 2.75) is 51.2 Å². The van der Waals surface area contributed by atoms with Gasteiger partial charge in [-0.3, -0.25) is 4.90 Å². The van der Waals surface area contributed by atoms with Crippen LogP contribution >= 0.6 is 0 Å². The van der Waals surface area contributed by atoms with Crippen LogP contribution in [0.2, 0.25) is 0 Å². The molecule has 3 atom stereocenters. The van der Waals surface area contributed by atoms with E-state index in [1.165, 1.54) is 32.1 Å². The second-order valence-corrected chi connectivity index (χ2v) is 5.24. The first-order valence-corrected chi connectivity index (χ1v) is 6.90. The van der Waals surface area contributed by atoms with Crippen LogP contribution in [-0.2, 0) is 4.74 Å². The Morgan fingerprint density at radius 3 is 2.88 bits per heavy atom. The van der Waals surface area contributed by atoms with Crippen LogP contribution in [0.15, 0.2) is 0 Å². The zero-order chi connectivity index (χ0) is 11.4. The van der Waals surface area contributed by atoms with Gasteiger partial charge in [-0.05, 0) is 18.8 Å². The highest BCUT2D eigenvalue weighted by Gasteiger charge is 2.31. The molecule has 0 amide bonds. The molecular weight excluding hydrogens is 200 g/mol. The first kappa shape index (κ1) is 12.3. The third-order valence-corrected chi connectivity index (χ3v) is 4.30. The van der Waals surface area contributed by atoms with E-state index in [1.807, 2.05) is 0 Å². The van der Waals surface area contributed by atoms with Crippen LogP contribution < -0.4 is 5.73 Å². The molecule has 2 N–H and O–H groups in total. The number of ether oxygens (including phenoxy) is 1. The summed E-state index contributed by atoms with van der Waals surface area (Å²) in [7, 11) is 0. The maximum atomic E-state index is 5.71. The summed E-state index contributed by atoms with van der Waals surface area (Å²) >= 11 is 0. The van der Waals surface area contributed by atoms with Gasteiger partial charge in [-0.15, -0.1) is 0 Å². The molecule has 1 saturated carbocycles. The van der Waals surface area contributed by atoms with Gasteiger partial charge in [0.05, 0.1) is 12.7 Å². The van der Waals surface area contributed by atoms with Crippen molar-refractivity contribution in [1.29, 1.82) is 0 Å². The summed E-state index contributed by atoms with van der Waals surface area (Å²) in [4.78, 5) is 2.65. The fraction of sp³-hybridized carbons (Fsp3) is 1.00. The minimum atomic E-state index is 0.271. The summed E-state index contributed by atoms with van der Waals surface area (Å²) in [6.45, 7) is 6.04. The number of hydrogen-bond acceptors (Lipinski definition) is 3. The highest BCUT2D eigenvalue weighted by molar-refractivity contribution is 4.85. The van der Waals surface area contributed by atoms with E-state index in [0.29, 0.717) is 6.54 Å². The van der Waals surface area contributed by atoms with E-state index in [9.17, 15) is 0 Å². The van der Waals surface area contributed by atoms with E-state index < -0.39 is 0 Å². The van der Waals surface area contributed by atoms with E-state index in [-0.39, 0.29) is 6.10 Å². The smallest absolute Gasteiger partial charge is 0.0824 e. The van der Waals surface area contributed by atoms with Crippen molar-refractivity contribution in [2.24, 2.45) is 11.7 Å². The van der Waals surface area contributed by atoms with E-state index in [1.54, 1.807) is 0 Å². The van der Waals surface area contributed by atoms with Crippen molar-refractivity contribution in [3.8, 4) is 0 Å². The van der Waals surface area contributed by atoms with Gasteiger partial charge in [0, 0.05) is 25.7 Å². The lowest BCUT2D eigenvalue weighted by atomic mass is 9.81. The third-order valence-electron chi connectivity index (χ3n) is 4.30. The van der Waals surface area contributed by atoms with Crippen molar-refractivity contribution in [3.63, 3.8) is 0 Å². The van der Waals surface area contributed by atoms with E-state index in [0.717, 1.165) is 31.7 Å². The largest absolute Gasteiger partial charge is 0.374 e. The Morgan fingerprint density at radius 2 is 2.12 bits per heavy atom. The van der Waals surface area contributed by atoms with Crippen molar-refractivity contribution < 1.29 is 4.74 Å². The molecule has 2 rings (SSSR count). The SMILES string of the molecule is CCC1CCCCC1N1CCOC(CN)C1. The summed E-state index contributed by atoms with van der Waals surface area (Å²) in [5.74, 6) is 0.908. The van der Waals surface area contributed by atoms with Gasteiger partial charge in [-0.25, -0.2) is 0 Å². The lowest BCUT2D eigenvalue weighted by Crippen LogP contribution is -2.52. The lowest BCUT2D eigenvalue weighted by Gasteiger charge is -2.43. The zero-order valence-corrected chi connectivity index (χ0v) is 10.5. The predicted molar refractivity (Wildman–Crippen MR) is 66.4 cm³/mol. The summed E-state index contributed by atoms with van der Waals surface area (Å²) in [5.41, 5.74) is 5.71.